The van der Waals surface area contributed by atoms with Gasteiger partial charge in [-0.25, -0.2) is 14.6 Å². The van der Waals surface area contributed by atoms with Crippen LogP contribution in [0.3, 0.4) is 0 Å². The molecular formula is C13H9ClN4. The molecule has 4 nitrogen and oxygen atoms in total. The van der Waals surface area contributed by atoms with Crippen molar-refractivity contribution in [3.8, 4) is 17.2 Å². The normalized spacial score (nSPS) is 10.5. The molecule has 88 valence electrons. The summed E-state index contributed by atoms with van der Waals surface area (Å²) in [7, 11) is 0. The van der Waals surface area contributed by atoms with Crippen molar-refractivity contribution in [2.45, 2.75) is 0 Å². The van der Waals surface area contributed by atoms with Gasteiger partial charge in [0, 0.05) is 17.4 Å². The summed E-state index contributed by atoms with van der Waals surface area (Å²) in [4.78, 5) is 8.45. The minimum Gasteiger partial charge on any atom is -0.235 e. The van der Waals surface area contributed by atoms with Crippen LogP contribution in [0.1, 0.15) is 0 Å². The van der Waals surface area contributed by atoms with Gasteiger partial charge in [-0.1, -0.05) is 11.6 Å². The molecule has 0 saturated heterocycles. The van der Waals surface area contributed by atoms with Crippen molar-refractivity contribution >= 4 is 11.6 Å². The van der Waals surface area contributed by atoms with Crippen LogP contribution >= 0.6 is 11.6 Å². The molecule has 2 heterocycles. The summed E-state index contributed by atoms with van der Waals surface area (Å²) in [6, 6.07) is 11.1. The molecule has 0 aliphatic heterocycles. The molecule has 2 aromatic heterocycles. The van der Waals surface area contributed by atoms with Crippen molar-refractivity contribution in [2.24, 2.45) is 0 Å². The van der Waals surface area contributed by atoms with Crippen molar-refractivity contribution in [3.63, 3.8) is 0 Å². The fourth-order valence-electron chi connectivity index (χ4n) is 1.69. The molecular weight excluding hydrogens is 248 g/mol. The van der Waals surface area contributed by atoms with Gasteiger partial charge in [-0.2, -0.15) is 5.10 Å². The van der Waals surface area contributed by atoms with Crippen LogP contribution in [0, 0.1) is 0 Å². The van der Waals surface area contributed by atoms with Gasteiger partial charge in [0.2, 0.25) is 0 Å². The van der Waals surface area contributed by atoms with Crippen LogP contribution in [-0.4, -0.2) is 19.7 Å². The van der Waals surface area contributed by atoms with Crippen molar-refractivity contribution in [2.75, 3.05) is 0 Å². The summed E-state index contributed by atoms with van der Waals surface area (Å²) in [5, 5.41) is 4.98. The summed E-state index contributed by atoms with van der Waals surface area (Å²) < 4.78 is 1.78. The molecule has 0 radical (unpaired) electrons. The third-order valence-corrected chi connectivity index (χ3v) is 2.76. The highest BCUT2D eigenvalue weighted by atomic mass is 35.5. The Labute approximate surface area is 109 Å². The molecule has 0 N–H and O–H groups in total. The summed E-state index contributed by atoms with van der Waals surface area (Å²) in [6.07, 6.45) is 5.14. The zero-order chi connectivity index (χ0) is 12.4. The largest absolute Gasteiger partial charge is 0.235 e. The Morgan fingerprint density at radius 1 is 0.889 bits per heavy atom. The number of hydrogen-bond acceptors (Lipinski definition) is 3. The second-order valence-corrected chi connectivity index (χ2v) is 4.11. The van der Waals surface area contributed by atoms with E-state index in [0.717, 1.165) is 11.4 Å². The van der Waals surface area contributed by atoms with E-state index in [4.69, 9.17) is 11.6 Å². The highest BCUT2D eigenvalue weighted by molar-refractivity contribution is 6.30. The predicted octanol–water partition coefficient (Wildman–Crippen LogP) is 2.98. The van der Waals surface area contributed by atoms with E-state index in [0.29, 0.717) is 10.8 Å². The molecule has 0 aliphatic carbocycles. The van der Waals surface area contributed by atoms with Crippen LogP contribution in [0.5, 0.6) is 0 Å². The molecule has 3 rings (SSSR count). The summed E-state index contributed by atoms with van der Waals surface area (Å²) >= 11 is 5.88. The number of halogens is 1. The highest BCUT2D eigenvalue weighted by Crippen LogP contribution is 2.19. The van der Waals surface area contributed by atoms with Gasteiger partial charge in [-0.3, -0.25) is 0 Å². The second-order valence-electron chi connectivity index (χ2n) is 3.68. The Bertz CT molecular complexity index is 646. The smallest absolute Gasteiger partial charge is 0.178 e. The number of benzene rings is 1. The van der Waals surface area contributed by atoms with Crippen molar-refractivity contribution in [3.05, 3.63) is 60.0 Å². The van der Waals surface area contributed by atoms with Crippen LogP contribution in [0.15, 0.2) is 55.0 Å². The summed E-state index contributed by atoms with van der Waals surface area (Å²) in [5.41, 5.74) is 1.77. The fraction of sp³-hybridized carbons (Fsp3) is 0. The monoisotopic (exact) mass is 256 g/mol. The third kappa shape index (κ3) is 1.98. The van der Waals surface area contributed by atoms with Crippen LogP contribution in [0.2, 0.25) is 5.02 Å². The van der Waals surface area contributed by atoms with Crippen LogP contribution in [0.25, 0.3) is 17.2 Å². The Kier molecular flexibility index (Phi) is 2.78. The number of nitrogens with zero attached hydrogens (tertiary/aromatic N) is 4. The van der Waals surface area contributed by atoms with Crippen molar-refractivity contribution in [1.82, 2.24) is 19.7 Å². The Morgan fingerprint density at radius 2 is 1.61 bits per heavy atom. The molecule has 18 heavy (non-hydrogen) atoms. The average Bonchev–Trinajstić information content (AvgIpc) is 2.90. The molecule has 0 unspecified atom stereocenters. The maximum atomic E-state index is 5.88. The quantitative estimate of drug-likeness (QED) is 0.708. The number of aromatic nitrogens is 4. The Morgan fingerprint density at radius 3 is 2.33 bits per heavy atom. The average molecular weight is 257 g/mol. The first kappa shape index (κ1) is 10.9. The van der Waals surface area contributed by atoms with E-state index in [1.807, 2.05) is 30.3 Å². The zero-order valence-electron chi connectivity index (χ0n) is 9.36. The topological polar surface area (TPSA) is 43.6 Å². The molecule has 0 fully saturated rings. The molecule has 0 bridgehead atoms. The molecule has 0 amide bonds. The molecule has 0 saturated carbocycles. The molecule has 0 aliphatic rings. The minimum absolute atomic E-state index is 0.643. The Hall–Kier alpha value is -2.20. The van der Waals surface area contributed by atoms with Gasteiger partial charge in [0.05, 0.1) is 11.9 Å². The molecule has 0 spiro atoms. The highest BCUT2D eigenvalue weighted by Gasteiger charge is 2.08. The first-order valence-electron chi connectivity index (χ1n) is 5.42. The lowest BCUT2D eigenvalue weighted by Crippen LogP contribution is -2.00. The number of hydrogen-bond donors (Lipinski definition) is 0. The van der Waals surface area contributed by atoms with E-state index >= 15 is 0 Å². The van der Waals surface area contributed by atoms with E-state index in [9.17, 15) is 0 Å². The van der Waals surface area contributed by atoms with Crippen LogP contribution < -0.4 is 0 Å². The third-order valence-electron chi connectivity index (χ3n) is 2.51. The predicted molar refractivity (Wildman–Crippen MR) is 69.6 cm³/mol. The SMILES string of the molecule is Clc1ccc(-n2nccc2-c2ncccn2)cc1. The van der Waals surface area contributed by atoms with Gasteiger partial charge in [0.1, 0.15) is 5.69 Å². The first-order valence-corrected chi connectivity index (χ1v) is 5.80. The lowest BCUT2D eigenvalue weighted by molar-refractivity contribution is 0.878. The maximum absolute atomic E-state index is 5.88. The molecule has 1 aromatic carbocycles. The van der Waals surface area contributed by atoms with E-state index in [2.05, 4.69) is 15.1 Å². The maximum Gasteiger partial charge on any atom is 0.178 e. The number of rotatable bonds is 2. The van der Waals surface area contributed by atoms with Gasteiger partial charge in [0.25, 0.3) is 0 Å². The van der Waals surface area contributed by atoms with E-state index in [1.54, 1.807) is 29.3 Å². The van der Waals surface area contributed by atoms with Crippen molar-refractivity contribution < 1.29 is 0 Å². The van der Waals surface area contributed by atoms with Crippen molar-refractivity contribution in [1.29, 1.82) is 0 Å². The van der Waals surface area contributed by atoms with E-state index < -0.39 is 0 Å². The van der Waals surface area contributed by atoms with Crippen LogP contribution in [0.4, 0.5) is 0 Å². The molecule has 5 heteroatoms. The molecule has 0 atom stereocenters. The fourth-order valence-corrected chi connectivity index (χ4v) is 1.82. The lowest BCUT2D eigenvalue weighted by atomic mass is 10.3. The van der Waals surface area contributed by atoms with E-state index in [1.165, 1.54) is 0 Å². The lowest BCUT2D eigenvalue weighted by Gasteiger charge is -2.06. The van der Waals surface area contributed by atoms with Gasteiger partial charge in [-0.15, -0.1) is 0 Å². The van der Waals surface area contributed by atoms with Gasteiger partial charge in [0.15, 0.2) is 5.82 Å². The minimum atomic E-state index is 0.643. The van der Waals surface area contributed by atoms with Gasteiger partial charge in [-0.05, 0) is 36.4 Å². The van der Waals surface area contributed by atoms with Gasteiger partial charge < -0.3 is 0 Å². The van der Waals surface area contributed by atoms with Crippen LogP contribution in [-0.2, 0) is 0 Å². The standard InChI is InChI=1S/C13H9ClN4/c14-10-2-4-11(5-3-10)18-12(6-9-17-18)13-15-7-1-8-16-13/h1-9H. The zero-order valence-corrected chi connectivity index (χ0v) is 10.1. The van der Waals surface area contributed by atoms with E-state index in [-0.39, 0.29) is 0 Å². The van der Waals surface area contributed by atoms with Gasteiger partial charge >= 0.3 is 0 Å². The summed E-state index contributed by atoms with van der Waals surface area (Å²) in [5.74, 6) is 0.643. The Balaban J connectivity index is 2.10. The first-order chi connectivity index (χ1) is 8.84. The second kappa shape index (κ2) is 4.58. The summed E-state index contributed by atoms with van der Waals surface area (Å²) in [6.45, 7) is 0. The molecule has 3 aromatic rings.